The van der Waals surface area contributed by atoms with Crippen molar-refractivity contribution in [2.24, 2.45) is 0 Å². The van der Waals surface area contributed by atoms with Crippen molar-refractivity contribution in [3.8, 4) is 11.5 Å². The van der Waals surface area contributed by atoms with E-state index < -0.39 is 0 Å². The lowest BCUT2D eigenvalue weighted by molar-refractivity contribution is 0.415. The van der Waals surface area contributed by atoms with Gasteiger partial charge in [-0.05, 0) is 49.2 Å². The van der Waals surface area contributed by atoms with E-state index in [1.54, 1.807) is 13.3 Å². The van der Waals surface area contributed by atoms with Gasteiger partial charge in [-0.3, -0.25) is 4.98 Å². The number of ether oxygens (including phenoxy) is 1. The standard InChI is InChI=1S/C21H23N3O2/c1-26-20-7-3-2-6-18(20)23-15-10-13-24(14-11-15)19-9-8-17-16(21(19)25)5-4-12-22-17/h2-9,12,15,23,25H,10-11,13-14H2,1H3. The number of aromatic hydroxyl groups is 1. The zero-order chi connectivity index (χ0) is 17.9. The molecule has 1 aromatic heterocycles. The zero-order valence-corrected chi connectivity index (χ0v) is 14.9. The van der Waals surface area contributed by atoms with Crippen LogP contribution >= 0.6 is 0 Å². The van der Waals surface area contributed by atoms with Crippen LogP contribution in [0.25, 0.3) is 10.9 Å². The van der Waals surface area contributed by atoms with Crippen molar-refractivity contribution in [1.29, 1.82) is 0 Å². The van der Waals surface area contributed by atoms with Gasteiger partial charge in [-0.1, -0.05) is 12.1 Å². The van der Waals surface area contributed by atoms with Crippen LogP contribution < -0.4 is 15.0 Å². The number of benzene rings is 2. The quantitative estimate of drug-likeness (QED) is 0.745. The van der Waals surface area contributed by atoms with Gasteiger partial charge in [0.25, 0.3) is 0 Å². The van der Waals surface area contributed by atoms with Crippen molar-refractivity contribution in [3.63, 3.8) is 0 Å². The first-order valence-electron chi connectivity index (χ1n) is 8.97. The Labute approximate surface area is 153 Å². The van der Waals surface area contributed by atoms with Crippen LogP contribution in [0.4, 0.5) is 11.4 Å². The maximum absolute atomic E-state index is 10.7. The molecule has 134 valence electrons. The summed E-state index contributed by atoms with van der Waals surface area (Å²) in [6.07, 6.45) is 3.75. The van der Waals surface area contributed by atoms with Gasteiger partial charge in [0, 0.05) is 30.7 Å². The normalized spacial score (nSPS) is 15.2. The van der Waals surface area contributed by atoms with E-state index >= 15 is 0 Å². The minimum Gasteiger partial charge on any atom is -0.505 e. The molecule has 0 spiro atoms. The van der Waals surface area contributed by atoms with Crippen LogP contribution in [0.5, 0.6) is 11.5 Å². The molecule has 2 heterocycles. The maximum Gasteiger partial charge on any atom is 0.148 e. The van der Waals surface area contributed by atoms with Gasteiger partial charge in [-0.25, -0.2) is 0 Å². The fourth-order valence-corrected chi connectivity index (χ4v) is 3.63. The summed E-state index contributed by atoms with van der Waals surface area (Å²) in [6.45, 7) is 1.79. The van der Waals surface area contributed by atoms with Gasteiger partial charge in [0.05, 0.1) is 24.0 Å². The number of anilines is 2. The van der Waals surface area contributed by atoms with Crippen LogP contribution in [0.2, 0.25) is 0 Å². The second-order valence-corrected chi connectivity index (χ2v) is 6.61. The van der Waals surface area contributed by atoms with Crippen LogP contribution in [-0.2, 0) is 0 Å². The molecule has 0 atom stereocenters. The number of piperidine rings is 1. The number of pyridine rings is 1. The third-order valence-electron chi connectivity index (χ3n) is 5.04. The Balaban J connectivity index is 1.46. The Hall–Kier alpha value is -2.95. The molecule has 1 aliphatic heterocycles. The van der Waals surface area contributed by atoms with E-state index in [2.05, 4.69) is 15.2 Å². The van der Waals surface area contributed by atoms with E-state index in [0.717, 1.165) is 54.0 Å². The van der Waals surface area contributed by atoms with Crippen molar-refractivity contribution in [2.45, 2.75) is 18.9 Å². The van der Waals surface area contributed by atoms with Gasteiger partial charge >= 0.3 is 0 Å². The topological polar surface area (TPSA) is 57.6 Å². The van der Waals surface area contributed by atoms with Crippen LogP contribution in [-0.4, -0.2) is 36.3 Å². The molecule has 0 aliphatic carbocycles. The molecule has 4 rings (SSSR count). The maximum atomic E-state index is 10.7. The van der Waals surface area contributed by atoms with E-state index in [1.165, 1.54) is 0 Å². The molecular formula is C21H23N3O2. The number of hydrogen-bond donors (Lipinski definition) is 2. The van der Waals surface area contributed by atoms with Gasteiger partial charge in [-0.15, -0.1) is 0 Å². The Morgan fingerprint density at radius 2 is 1.88 bits per heavy atom. The predicted molar refractivity (Wildman–Crippen MR) is 105 cm³/mol. The number of para-hydroxylation sites is 2. The molecule has 0 unspecified atom stereocenters. The first-order chi connectivity index (χ1) is 12.8. The fraction of sp³-hybridized carbons (Fsp3) is 0.286. The van der Waals surface area contributed by atoms with Crippen molar-refractivity contribution >= 4 is 22.3 Å². The van der Waals surface area contributed by atoms with Crippen molar-refractivity contribution in [2.75, 3.05) is 30.4 Å². The van der Waals surface area contributed by atoms with Crippen LogP contribution in [0.3, 0.4) is 0 Å². The highest BCUT2D eigenvalue weighted by Gasteiger charge is 2.22. The van der Waals surface area contributed by atoms with Crippen molar-refractivity contribution in [3.05, 3.63) is 54.7 Å². The summed E-state index contributed by atoms with van der Waals surface area (Å²) in [5.41, 5.74) is 2.75. The van der Waals surface area contributed by atoms with Gasteiger partial charge in [-0.2, -0.15) is 0 Å². The van der Waals surface area contributed by atoms with E-state index in [9.17, 15) is 5.11 Å². The van der Waals surface area contributed by atoms with E-state index in [4.69, 9.17) is 4.74 Å². The fourth-order valence-electron chi connectivity index (χ4n) is 3.63. The first kappa shape index (κ1) is 16.5. The van der Waals surface area contributed by atoms with Gasteiger partial charge in [0.1, 0.15) is 11.5 Å². The van der Waals surface area contributed by atoms with E-state index in [0.29, 0.717) is 11.8 Å². The van der Waals surface area contributed by atoms with Crippen LogP contribution in [0.1, 0.15) is 12.8 Å². The molecule has 1 aliphatic rings. The Bertz CT molecular complexity index is 905. The highest BCUT2D eigenvalue weighted by molar-refractivity contribution is 5.90. The van der Waals surface area contributed by atoms with Crippen LogP contribution in [0.15, 0.2) is 54.7 Å². The molecule has 0 bridgehead atoms. The molecule has 1 fully saturated rings. The summed E-state index contributed by atoms with van der Waals surface area (Å²) >= 11 is 0. The lowest BCUT2D eigenvalue weighted by Crippen LogP contribution is -2.39. The zero-order valence-electron chi connectivity index (χ0n) is 14.9. The number of rotatable bonds is 4. The average Bonchev–Trinajstić information content (AvgIpc) is 2.70. The lowest BCUT2D eigenvalue weighted by atomic mass is 10.0. The number of methoxy groups -OCH3 is 1. The highest BCUT2D eigenvalue weighted by atomic mass is 16.5. The Morgan fingerprint density at radius 1 is 1.08 bits per heavy atom. The average molecular weight is 349 g/mol. The first-order valence-corrected chi connectivity index (χ1v) is 8.97. The summed E-state index contributed by atoms with van der Waals surface area (Å²) in [4.78, 5) is 6.56. The number of nitrogens with zero attached hydrogens (tertiary/aromatic N) is 2. The van der Waals surface area contributed by atoms with Crippen molar-refractivity contribution < 1.29 is 9.84 Å². The highest BCUT2D eigenvalue weighted by Crippen LogP contribution is 2.36. The summed E-state index contributed by atoms with van der Waals surface area (Å²) in [5.74, 6) is 1.20. The van der Waals surface area contributed by atoms with Gasteiger partial charge in [0.2, 0.25) is 0 Å². The minimum absolute atomic E-state index is 0.326. The Kier molecular flexibility index (Phi) is 4.52. The lowest BCUT2D eigenvalue weighted by Gasteiger charge is -2.35. The summed E-state index contributed by atoms with van der Waals surface area (Å²) in [6, 6.07) is 16.1. The number of fused-ring (bicyclic) bond motifs is 1. The van der Waals surface area contributed by atoms with Crippen molar-refractivity contribution in [1.82, 2.24) is 4.98 Å². The molecule has 0 saturated carbocycles. The molecule has 0 radical (unpaired) electrons. The molecule has 2 aromatic carbocycles. The number of phenols is 1. The minimum atomic E-state index is 0.326. The number of aromatic nitrogens is 1. The Morgan fingerprint density at radius 3 is 2.69 bits per heavy atom. The smallest absolute Gasteiger partial charge is 0.148 e. The second kappa shape index (κ2) is 7.12. The van der Waals surface area contributed by atoms with Crippen LogP contribution in [0, 0.1) is 0 Å². The predicted octanol–water partition coefficient (Wildman–Crippen LogP) is 4.03. The third kappa shape index (κ3) is 3.12. The SMILES string of the molecule is COc1ccccc1NC1CCN(c2ccc3ncccc3c2O)CC1. The number of phenolic OH excluding ortho intramolecular Hbond substituents is 1. The molecule has 5 heteroatoms. The summed E-state index contributed by atoms with van der Waals surface area (Å²) in [7, 11) is 1.69. The molecule has 26 heavy (non-hydrogen) atoms. The van der Waals surface area contributed by atoms with Gasteiger partial charge < -0.3 is 20.1 Å². The van der Waals surface area contributed by atoms with E-state index in [1.807, 2.05) is 48.5 Å². The molecule has 0 amide bonds. The largest absolute Gasteiger partial charge is 0.505 e. The monoisotopic (exact) mass is 349 g/mol. The van der Waals surface area contributed by atoms with Gasteiger partial charge in [0.15, 0.2) is 0 Å². The number of hydrogen-bond acceptors (Lipinski definition) is 5. The summed E-state index contributed by atoms with van der Waals surface area (Å²) < 4.78 is 5.42. The molecule has 3 aromatic rings. The molecule has 2 N–H and O–H groups in total. The second-order valence-electron chi connectivity index (χ2n) is 6.61. The molecule has 1 saturated heterocycles. The number of nitrogens with one attached hydrogen (secondary N) is 1. The summed E-state index contributed by atoms with van der Waals surface area (Å²) in [5, 5.41) is 15.1. The van der Waals surface area contributed by atoms with E-state index in [-0.39, 0.29) is 0 Å². The molecular weight excluding hydrogens is 326 g/mol. The third-order valence-corrected chi connectivity index (χ3v) is 5.04. The molecule has 5 nitrogen and oxygen atoms in total.